The Hall–Kier alpha value is -3.43. The molecule has 1 fully saturated rings. The molecular formula is C20H25FN6O3. The van der Waals surface area contributed by atoms with Gasteiger partial charge < -0.3 is 26.1 Å². The van der Waals surface area contributed by atoms with E-state index < -0.39 is 18.0 Å². The van der Waals surface area contributed by atoms with E-state index in [0.717, 1.165) is 0 Å². The lowest BCUT2D eigenvalue weighted by Gasteiger charge is -2.32. The monoisotopic (exact) mass is 416 g/mol. The maximum Gasteiger partial charge on any atom is 0.409 e. The van der Waals surface area contributed by atoms with Crippen LogP contribution in [0.1, 0.15) is 36.7 Å². The van der Waals surface area contributed by atoms with Gasteiger partial charge in [-0.2, -0.15) is 5.10 Å². The average molecular weight is 416 g/mol. The van der Waals surface area contributed by atoms with Crippen molar-refractivity contribution < 1.29 is 18.7 Å². The van der Waals surface area contributed by atoms with Crippen LogP contribution < -0.4 is 11.1 Å². The third kappa shape index (κ3) is 4.94. The number of nitrogens with zero attached hydrogens (tertiary/aromatic N) is 3. The molecule has 1 aromatic carbocycles. The first kappa shape index (κ1) is 21.3. The fourth-order valence-corrected chi connectivity index (χ4v) is 3.06. The number of anilines is 2. The summed E-state index contributed by atoms with van der Waals surface area (Å²) in [6.45, 7) is 4.80. The standard InChI is InChI=1S/C20H25FN6O3/c1-12(2)11-30-20(29)26-8-7-16(22)17(10-26)27-9-15(18(23)28)19(25-27)24-14-5-3-13(21)4-6-14/h3-6,9,12,17,22H,7-8,10-11H2,1-2H3,(H2,23,28)(H,24,25)/t17-/m1/s1. The van der Waals surface area contributed by atoms with E-state index in [1.165, 1.54) is 40.0 Å². The highest BCUT2D eigenvalue weighted by Crippen LogP contribution is 2.25. The molecule has 2 heterocycles. The van der Waals surface area contributed by atoms with Gasteiger partial charge >= 0.3 is 6.09 Å². The van der Waals surface area contributed by atoms with E-state index in [-0.39, 0.29) is 29.7 Å². The number of nitrogens with one attached hydrogen (secondary N) is 2. The lowest BCUT2D eigenvalue weighted by atomic mass is 10.0. The van der Waals surface area contributed by atoms with Crippen molar-refractivity contribution in [2.75, 3.05) is 25.0 Å². The fraction of sp³-hybridized carbons (Fsp3) is 0.400. The molecule has 0 saturated carbocycles. The Morgan fingerprint density at radius 2 is 2.07 bits per heavy atom. The first-order valence-electron chi connectivity index (χ1n) is 9.65. The van der Waals surface area contributed by atoms with Gasteiger partial charge in [0.1, 0.15) is 17.4 Å². The normalized spacial score (nSPS) is 16.6. The summed E-state index contributed by atoms with van der Waals surface area (Å²) in [5.41, 5.74) is 6.53. The molecule has 10 heteroatoms. The second kappa shape index (κ2) is 8.93. The molecule has 1 aromatic heterocycles. The first-order valence-corrected chi connectivity index (χ1v) is 9.65. The van der Waals surface area contributed by atoms with E-state index in [0.29, 0.717) is 31.0 Å². The molecule has 0 bridgehead atoms. The lowest BCUT2D eigenvalue weighted by Crippen LogP contribution is -2.45. The van der Waals surface area contributed by atoms with Crippen molar-refractivity contribution in [3.63, 3.8) is 0 Å². The number of hydrogen-bond acceptors (Lipinski definition) is 6. The SMILES string of the molecule is CC(C)COC(=O)N1CCC(=N)[C@H](n2cc(C(N)=O)c(Nc3ccc(F)cc3)n2)C1. The van der Waals surface area contributed by atoms with Crippen LogP contribution in [0.15, 0.2) is 30.5 Å². The van der Waals surface area contributed by atoms with Crippen LogP contribution in [0.4, 0.5) is 20.7 Å². The van der Waals surface area contributed by atoms with Crippen LogP contribution in [0.3, 0.4) is 0 Å². The number of amides is 2. The molecule has 2 amide bonds. The summed E-state index contributed by atoms with van der Waals surface area (Å²) in [4.78, 5) is 25.7. The Balaban J connectivity index is 1.81. The minimum absolute atomic E-state index is 0.131. The Kier molecular flexibility index (Phi) is 6.34. The van der Waals surface area contributed by atoms with Crippen LogP contribution in [0.5, 0.6) is 0 Å². The van der Waals surface area contributed by atoms with Gasteiger partial charge in [-0.1, -0.05) is 13.8 Å². The highest BCUT2D eigenvalue weighted by Gasteiger charge is 2.31. The third-order valence-corrected chi connectivity index (χ3v) is 4.67. The summed E-state index contributed by atoms with van der Waals surface area (Å²) in [7, 11) is 0. The number of nitrogens with two attached hydrogens (primary N) is 1. The van der Waals surface area contributed by atoms with Crippen molar-refractivity contribution in [3.05, 3.63) is 41.8 Å². The van der Waals surface area contributed by atoms with Crippen LogP contribution in [0.25, 0.3) is 0 Å². The van der Waals surface area contributed by atoms with Crippen LogP contribution >= 0.6 is 0 Å². The Morgan fingerprint density at radius 3 is 2.70 bits per heavy atom. The molecule has 9 nitrogen and oxygen atoms in total. The van der Waals surface area contributed by atoms with Crippen molar-refractivity contribution in [1.82, 2.24) is 14.7 Å². The zero-order valence-corrected chi connectivity index (χ0v) is 16.9. The number of hydrogen-bond donors (Lipinski definition) is 3. The summed E-state index contributed by atoms with van der Waals surface area (Å²) in [5, 5.41) is 15.6. The molecule has 1 aliphatic heterocycles. The Morgan fingerprint density at radius 1 is 1.37 bits per heavy atom. The first-order chi connectivity index (χ1) is 14.2. The van der Waals surface area contributed by atoms with Crippen LogP contribution in [0, 0.1) is 17.1 Å². The zero-order chi connectivity index (χ0) is 21.8. The van der Waals surface area contributed by atoms with Gasteiger partial charge in [-0.3, -0.25) is 9.48 Å². The van der Waals surface area contributed by atoms with Gasteiger partial charge in [-0.25, -0.2) is 9.18 Å². The van der Waals surface area contributed by atoms with E-state index in [4.69, 9.17) is 15.9 Å². The molecule has 1 atom stereocenters. The third-order valence-electron chi connectivity index (χ3n) is 4.67. The van der Waals surface area contributed by atoms with Crippen LogP contribution in [-0.4, -0.2) is 52.1 Å². The molecule has 3 rings (SSSR count). The minimum atomic E-state index is -0.693. The largest absolute Gasteiger partial charge is 0.449 e. The smallest absolute Gasteiger partial charge is 0.409 e. The molecule has 0 spiro atoms. The van der Waals surface area contributed by atoms with E-state index in [9.17, 15) is 14.0 Å². The number of carbonyl (C=O) groups is 2. The Labute approximate surface area is 173 Å². The van der Waals surface area contributed by atoms with Crippen molar-refractivity contribution in [3.8, 4) is 0 Å². The molecule has 160 valence electrons. The maximum absolute atomic E-state index is 13.1. The number of halogens is 1. The van der Waals surface area contributed by atoms with Gasteiger partial charge in [-0.15, -0.1) is 0 Å². The molecule has 30 heavy (non-hydrogen) atoms. The second-order valence-corrected chi connectivity index (χ2v) is 7.58. The number of primary amides is 1. The number of piperidine rings is 1. The molecule has 0 aliphatic carbocycles. The van der Waals surface area contributed by atoms with Crippen molar-refractivity contribution in [1.29, 1.82) is 5.41 Å². The molecular weight excluding hydrogens is 391 g/mol. The minimum Gasteiger partial charge on any atom is -0.449 e. The summed E-state index contributed by atoms with van der Waals surface area (Å²) in [5.74, 6) is -0.665. The number of carbonyl (C=O) groups excluding carboxylic acids is 2. The summed E-state index contributed by atoms with van der Waals surface area (Å²) >= 11 is 0. The second-order valence-electron chi connectivity index (χ2n) is 7.58. The number of benzene rings is 1. The number of ether oxygens (including phenoxy) is 1. The van der Waals surface area contributed by atoms with Crippen LogP contribution in [-0.2, 0) is 4.74 Å². The topological polar surface area (TPSA) is 126 Å². The Bertz CT molecular complexity index is 941. The van der Waals surface area contributed by atoms with Crippen molar-refractivity contribution in [2.24, 2.45) is 11.7 Å². The van der Waals surface area contributed by atoms with E-state index >= 15 is 0 Å². The molecule has 1 saturated heterocycles. The van der Waals surface area contributed by atoms with Gasteiger partial charge in [0.2, 0.25) is 0 Å². The quantitative estimate of drug-likeness (QED) is 0.667. The van der Waals surface area contributed by atoms with E-state index in [1.54, 1.807) is 0 Å². The van der Waals surface area contributed by atoms with Crippen molar-refractivity contribution in [2.45, 2.75) is 26.3 Å². The van der Waals surface area contributed by atoms with Gasteiger partial charge in [0, 0.05) is 30.6 Å². The van der Waals surface area contributed by atoms with Crippen molar-refractivity contribution >= 4 is 29.2 Å². The van der Waals surface area contributed by atoms with Gasteiger partial charge in [0.25, 0.3) is 5.91 Å². The van der Waals surface area contributed by atoms with E-state index in [1.807, 2.05) is 13.8 Å². The molecule has 1 aliphatic rings. The van der Waals surface area contributed by atoms with Gasteiger partial charge in [0.15, 0.2) is 5.82 Å². The summed E-state index contributed by atoms with van der Waals surface area (Å²) < 4.78 is 19.9. The molecule has 2 aromatic rings. The maximum atomic E-state index is 13.1. The average Bonchev–Trinajstić information content (AvgIpc) is 3.12. The highest BCUT2D eigenvalue weighted by atomic mass is 19.1. The fourth-order valence-electron chi connectivity index (χ4n) is 3.06. The highest BCUT2D eigenvalue weighted by molar-refractivity contribution is 5.98. The van der Waals surface area contributed by atoms with Gasteiger partial charge in [0.05, 0.1) is 13.2 Å². The molecule has 0 unspecified atom stereocenters. The number of aromatic nitrogens is 2. The predicted molar refractivity (Wildman–Crippen MR) is 110 cm³/mol. The van der Waals surface area contributed by atoms with Crippen LogP contribution in [0.2, 0.25) is 0 Å². The molecule has 0 radical (unpaired) electrons. The number of likely N-dealkylation sites (tertiary alicyclic amines) is 1. The van der Waals surface area contributed by atoms with Gasteiger partial charge in [-0.05, 0) is 30.2 Å². The summed E-state index contributed by atoms with van der Waals surface area (Å²) in [6.07, 6.45) is 1.39. The number of rotatable bonds is 6. The summed E-state index contributed by atoms with van der Waals surface area (Å²) in [6, 6.07) is 5.02. The van der Waals surface area contributed by atoms with E-state index in [2.05, 4.69) is 10.4 Å². The molecule has 4 N–H and O–H groups in total. The zero-order valence-electron chi connectivity index (χ0n) is 16.9. The lowest BCUT2D eigenvalue weighted by molar-refractivity contribution is 0.0870. The predicted octanol–water partition coefficient (Wildman–Crippen LogP) is 2.92.